The topological polar surface area (TPSA) is 47.3 Å². The van der Waals surface area contributed by atoms with E-state index in [1.54, 1.807) is 0 Å². The van der Waals surface area contributed by atoms with E-state index < -0.39 is 0 Å². The standard InChI is InChI=1S/C5H14N2O.CH4/c1-2-3-7-4-5-8-6;/h7H,2-6H2,1H3;1H4. The van der Waals surface area contributed by atoms with Crippen molar-refractivity contribution < 1.29 is 4.84 Å². The van der Waals surface area contributed by atoms with Crippen LogP contribution in [0.25, 0.3) is 0 Å². The normalized spacial score (nSPS) is 8.67. The molecule has 0 rings (SSSR count). The first-order valence-electron chi connectivity index (χ1n) is 2.94. The van der Waals surface area contributed by atoms with Gasteiger partial charge in [-0.3, -0.25) is 0 Å². The van der Waals surface area contributed by atoms with Crippen LogP contribution in [-0.4, -0.2) is 19.7 Å². The van der Waals surface area contributed by atoms with E-state index in [9.17, 15) is 0 Å². The molecule has 0 aromatic heterocycles. The lowest BCUT2D eigenvalue weighted by Crippen LogP contribution is -2.21. The fourth-order valence-electron chi connectivity index (χ4n) is 0.433. The van der Waals surface area contributed by atoms with Gasteiger partial charge in [0, 0.05) is 6.54 Å². The minimum atomic E-state index is 0. The maximum atomic E-state index is 4.77. The molecule has 58 valence electrons. The maximum Gasteiger partial charge on any atom is 0.0803 e. The molecule has 0 amide bonds. The van der Waals surface area contributed by atoms with Crippen LogP contribution in [0.2, 0.25) is 0 Å². The summed E-state index contributed by atoms with van der Waals surface area (Å²) in [5, 5.41) is 3.13. The summed E-state index contributed by atoms with van der Waals surface area (Å²) in [5.41, 5.74) is 0. The van der Waals surface area contributed by atoms with Gasteiger partial charge in [0.25, 0.3) is 0 Å². The molecule has 0 aliphatic rings. The molecule has 0 spiro atoms. The van der Waals surface area contributed by atoms with Crippen LogP contribution < -0.4 is 11.2 Å². The second kappa shape index (κ2) is 10.8. The van der Waals surface area contributed by atoms with E-state index >= 15 is 0 Å². The van der Waals surface area contributed by atoms with Crippen LogP contribution in [0.5, 0.6) is 0 Å². The lowest BCUT2D eigenvalue weighted by molar-refractivity contribution is 0.140. The van der Waals surface area contributed by atoms with Crippen LogP contribution in [-0.2, 0) is 4.84 Å². The van der Waals surface area contributed by atoms with Crippen molar-refractivity contribution >= 4 is 0 Å². The second-order valence-corrected chi connectivity index (χ2v) is 1.62. The van der Waals surface area contributed by atoms with Gasteiger partial charge in [-0.25, -0.2) is 5.90 Å². The molecule has 0 aromatic carbocycles. The molecule has 3 N–H and O–H groups in total. The van der Waals surface area contributed by atoms with Gasteiger partial charge < -0.3 is 10.2 Å². The number of rotatable bonds is 5. The zero-order chi connectivity index (χ0) is 6.24. The Kier molecular flexibility index (Phi) is 14.0. The molecule has 0 atom stereocenters. The molecule has 0 saturated carbocycles. The predicted molar refractivity (Wildman–Crippen MR) is 40.0 cm³/mol. The fraction of sp³-hybridized carbons (Fsp3) is 1.00. The monoisotopic (exact) mass is 134 g/mol. The molecule has 0 fully saturated rings. The Balaban J connectivity index is 0. The van der Waals surface area contributed by atoms with Crippen LogP contribution in [0.15, 0.2) is 0 Å². The average Bonchev–Trinajstić information content (AvgIpc) is 1.81. The van der Waals surface area contributed by atoms with Crippen molar-refractivity contribution in [2.75, 3.05) is 19.7 Å². The van der Waals surface area contributed by atoms with Gasteiger partial charge in [0.2, 0.25) is 0 Å². The van der Waals surface area contributed by atoms with E-state index in [1.165, 1.54) is 0 Å². The average molecular weight is 134 g/mol. The Bertz CT molecular complexity index is 36.0. The van der Waals surface area contributed by atoms with Crippen LogP contribution >= 0.6 is 0 Å². The van der Waals surface area contributed by atoms with Crippen LogP contribution in [0.3, 0.4) is 0 Å². The number of nitrogens with two attached hydrogens (primary N) is 1. The first kappa shape index (κ1) is 11.6. The van der Waals surface area contributed by atoms with Crippen molar-refractivity contribution in [3.63, 3.8) is 0 Å². The largest absolute Gasteiger partial charge is 0.314 e. The zero-order valence-corrected chi connectivity index (χ0v) is 5.31. The van der Waals surface area contributed by atoms with Gasteiger partial charge in [-0.15, -0.1) is 0 Å². The Hall–Kier alpha value is -0.120. The van der Waals surface area contributed by atoms with E-state index in [2.05, 4.69) is 17.1 Å². The molecule has 0 aromatic rings. The molecule has 0 saturated heterocycles. The highest BCUT2D eigenvalue weighted by Gasteiger charge is 1.80. The minimum Gasteiger partial charge on any atom is -0.314 e. The first-order chi connectivity index (χ1) is 3.91. The first-order valence-corrected chi connectivity index (χ1v) is 2.94. The van der Waals surface area contributed by atoms with E-state index in [0.29, 0.717) is 6.61 Å². The van der Waals surface area contributed by atoms with E-state index in [1.807, 2.05) is 0 Å². The highest BCUT2D eigenvalue weighted by atomic mass is 16.6. The van der Waals surface area contributed by atoms with Gasteiger partial charge in [-0.2, -0.15) is 0 Å². The summed E-state index contributed by atoms with van der Waals surface area (Å²) in [5.74, 6) is 4.77. The summed E-state index contributed by atoms with van der Waals surface area (Å²) in [6.45, 7) is 4.62. The van der Waals surface area contributed by atoms with Crippen LogP contribution in [0.4, 0.5) is 0 Å². The van der Waals surface area contributed by atoms with Gasteiger partial charge in [-0.1, -0.05) is 14.4 Å². The van der Waals surface area contributed by atoms with Crippen molar-refractivity contribution in [1.82, 2.24) is 5.32 Å². The third kappa shape index (κ3) is 11.4. The SMILES string of the molecule is C.CCCNCCON. The highest BCUT2D eigenvalue weighted by molar-refractivity contribution is 4.40. The van der Waals surface area contributed by atoms with E-state index in [0.717, 1.165) is 19.5 Å². The smallest absolute Gasteiger partial charge is 0.0803 e. The molecule has 0 heterocycles. The van der Waals surface area contributed by atoms with Crippen LogP contribution in [0.1, 0.15) is 20.8 Å². The Morgan fingerprint density at radius 1 is 1.44 bits per heavy atom. The van der Waals surface area contributed by atoms with Crippen LogP contribution in [0, 0.1) is 0 Å². The van der Waals surface area contributed by atoms with E-state index in [4.69, 9.17) is 5.90 Å². The van der Waals surface area contributed by atoms with E-state index in [-0.39, 0.29) is 7.43 Å². The summed E-state index contributed by atoms with van der Waals surface area (Å²) >= 11 is 0. The van der Waals surface area contributed by atoms with Crippen molar-refractivity contribution in [1.29, 1.82) is 0 Å². The number of hydrogen-bond acceptors (Lipinski definition) is 3. The summed E-state index contributed by atoms with van der Waals surface area (Å²) in [4.78, 5) is 4.33. The molecule has 9 heavy (non-hydrogen) atoms. The fourth-order valence-corrected chi connectivity index (χ4v) is 0.433. The Morgan fingerprint density at radius 3 is 2.56 bits per heavy atom. The highest BCUT2D eigenvalue weighted by Crippen LogP contribution is 1.67. The Morgan fingerprint density at radius 2 is 2.11 bits per heavy atom. The third-order valence-corrected chi connectivity index (χ3v) is 0.823. The van der Waals surface area contributed by atoms with Crippen molar-refractivity contribution in [2.24, 2.45) is 5.90 Å². The number of hydrogen-bond donors (Lipinski definition) is 2. The van der Waals surface area contributed by atoms with Gasteiger partial charge >= 0.3 is 0 Å². The van der Waals surface area contributed by atoms with Crippen molar-refractivity contribution in [2.45, 2.75) is 20.8 Å². The molecule has 0 bridgehead atoms. The summed E-state index contributed by atoms with van der Waals surface area (Å²) in [6, 6.07) is 0. The lowest BCUT2D eigenvalue weighted by atomic mass is 10.5. The molecule has 3 heteroatoms. The molecule has 0 radical (unpaired) electrons. The zero-order valence-electron chi connectivity index (χ0n) is 5.31. The number of nitrogens with one attached hydrogen (secondary N) is 1. The lowest BCUT2D eigenvalue weighted by Gasteiger charge is -1.98. The second-order valence-electron chi connectivity index (χ2n) is 1.62. The molecule has 3 nitrogen and oxygen atoms in total. The van der Waals surface area contributed by atoms with Gasteiger partial charge in [0.1, 0.15) is 0 Å². The van der Waals surface area contributed by atoms with Crippen molar-refractivity contribution in [3.05, 3.63) is 0 Å². The molecular formula is C6H18N2O. The summed E-state index contributed by atoms with van der Waals surface area (Å²) < 4.78 is 0. The Labute approximate surface area is 57.5 Å². The van der Waals surface area contributed by atoms with Gasteiger partial charge in [0.05, 0.1) is 6.61 Å². The molecule has 0 unspecified atom stereocenters. The minimum absolute atomic E-state index is 0. The molecule has 0 aliphatic heterocycles. The third-order valence-electron chi connectivity index (χ3n) is 0.823. The molecule has 0 aliphatic carbocycles. The van der Waals surface area contributed by atoms with Gasteiger partial charge in [-0.05, 0) is 13.0 Å². The van der Waals surface area contributed by atoms with Gasteiger partial charge in [0.15, 0.2) is 0 Å². The van der Waals surface area contributed by atoms with Crippen molar-refractivity contribution in [3.8, 4) is 0 Å². The predicted octanol–water partition coefficient (Wildman–Crippen LogP) is 0.512. The quantitative estimate of drug-likeness (QED) is 0.425. The summed E-state index contributed by atoms with van der Waals surface area (Å²) in [6.07, 6.45) is 1.16. The summed E-state index contributed by atoms with van der Waals surface area (Å²) in [7, 11) is 0. The maximum absolute atomic E-state index is 4.77. The molecular weight excluding hydrogens is 116 g/mol.